The van der Waals surface area contributed by atoms with Crippen LogP contribution in [-0.4, -0.2) is 17.2 Å². The van der Waals surface area contributed by atoms with E-state index in [2.05, 4.69) is 15.5 Å². The van der Waals surface area contributed by atoms with Gasteiger partial charge in [0.05, 0.1) is 0 Å². The first-order chi connectivity index (χ1) is 7.79. The maximum Gasteiger partial charge on any atom is 0.239 e. The van der Waals surface area contributed by atoms with Gasteiger partial charge in [-0.1, -0.05) is 18.2 Å². The van der Waals surface area contributed by atoms with Gasteiger partial charge in [-0.2, -0.15) is 0 Å². The number of hydrogen-bond acceptors (Lipinski definition) is 4. The molecule has 1 N–H and O–H groups in total. The molecular formula is C12H13N3O. The average Bonchev–Trinajstić information content (AvgIpc) is 2.33. The Morgan fingerprint density at radius 3 is 2.50 bits per heavy atom. The number of nitrogens with one attached hydrogen (secondary N) is 1. The monoisotopic (exact) mass is 215 g/mol. The number of aryl methyl sites for hydroxylation is 1. The van der Waals surface area contributed by atoms with Crippen LogP contribution in [0.2, 0.25) is 0 Å². The Morgan fingerprint density at radius 2 is 1.88 bits per heavy atom. The molecule has 1 heterocycles. The summed E-state index contributed by atoms with van der Waals surface area (Å²) in [5.74, 6) is 2.01. The molecule has 1 aromatic carbocycles. The molecule has 4 heteroatoms. The van der Waals surface area contributed by atoms with Gasteiger partial charge in [0.15, 0.2) is 0 Å². The molecule has 0 radical (unpaired) electrons. The number of rotatable bonds is 3. The lowest BCUT2D eigenvalue weighted by Gasteiger charge is -2.06. The molecule has 0 saturated carbocycles. The van der Waals surface area contributed by atoms with Gasteiger partial charge in [0, 0.05) is 13.1 Å². The van der Waals surface area contributed by atoms with Crippen molar-refractivity contribution in [2.75, 3.05) is 12.4 Å². The van der Waals surface area contributed by atoms with E-state index < -0.39 is 0 Å². The number of ether oxygens (including phenoxy) is 1. The second-order valence-corrected chi connectivity index (χ2v) is 3.37. The first kappa shape index (κ1) is 10.4. The summed E-state index contributed by atoms with van der Waals surface area (Å²) < 4.78 is 5.61. The largest absolute Gasteiger partial charge is 0.437 e. The Kier molecular flexibility index (Phi) is 3.00. The third-order valence-corrected chi connectivity index (χ3v) is 2.20. The van der Waals surface area contributed by atoms with Crippen LogP contribution in [0.3, 0.4) is 0 Å². The summed E-state index contributed by atoms with van der Waals surface area (Å²) >= 11 is 0. The minimum Gasteiger partial charge on any atom is -0.437 e. The minimum atomic E-state index is 0.494. The zero-order valence-electron chi connectivity index (χ0n) is 9.27. The highest BCUT2D eigenvalue weighted by atomic mass is 16.5. The molecule has 2 rings (SSSR count). The number of anilines is 1. The highest BCUT2D eigenvalue weighted by Gasteiger charge is 2.01. The summed E-state index contributed by atoms with van der Waals surface area (Å²) in [7, 11) is 1.80. The van der Waals surface area contributed by atoms with Crippen molar-refractivity contribution in [3.8, 4) is 11.6 Å². The zero-order valence-corrected chi connectivity index (χ0v) is 9.27. The van der Waals surface area contributed by atoms with E-state index in [9.17, 15) is 0 Å². The summed E-state index contributed by atoms with van der Waals surface area (Å²) in [6.45, 7) is 1.99. The van der Waals surface area contributed by atoms with Crippen molar-refractivity contribution in [2.45, 2.75) is 6.92 Å². The normalized spacial score (nSPS) is 9.88. The summed E-state index contributed by atoms with van der Waals surface area (Å²) in [4.78, 5) is 0. The molecule has 1 aromatic heterocycles. The number of benzene rings is 1. The van der Waals surface area contributed by atoms with E-state index in [1.54, 1.807) is 13.1 Å². The van der Waals surface area contributed by atoms with Crippen LogP contribution in [0.1, 0.15) is 5.56 Å². The molecule has 0 spiro atoms. The standard InChI is InChI=1S/C12H13N3O/c1-9-5-3-4-6-10(9)16-12-8-7-11(13-2)14-15-12/h3-8H,1-2H3,(H,13,14). The highest BCUT2D eigenvalue weighted by Crippen LogP contribution is 2.22. The maximum atomic E-state index is 5.61. The summed E-state index contributed by atoms with van der Waals surface area (Å²) in [5, 5.41) is 10.8. The van der Waals surface area contributed by atoms with Gasteiger partial charge in [0.25, 0.3) is 0 Å². The number of aromatic nitrogens is 2. The summed E-state index contributed by atoms with van der Waals surface area (Å²) in [6, 6.07) is 11.4. The first-order valence-corrected chi connectivity index (χ1v) is 5.04. The van der Waals surface area contributed by atoms with Crippen LogP contribution in [0.4, 0.5) is 5.82 Å². The molecule has 2 aromatic rings. The van der Waals surface area contributed by atoms with Crippen molar-refractivity contribution < 1.29 is 4.74 Å². The van der Waals surface area contributed by atoms with Crippen LogP contribution >= 0.6 is 0 Å². The van der Waals surface area contributed by atoms with Gasteiger partial charge >= 0.3 is 0 Å². The SMILES string of the molecule is CNc1ccc(Oc2ccccc2C)nn1. The van der Waals surface area contributed by atoms with Crippen LogP contribution in [0.15, 0.2) is 36.4 Å². The van der Waals surface area contributed by atoms with Crippen molar-refractivity contribution in [2.24, 2.45) is 0 Å². The third-order valence-electron chi connectivity index (χ3n) is 2.20. The average molecular weight is 215 g/mol. The van der Waals surface area contributed by atoms with Gasteiger partial charge in [-0.15, -0.1) is 10.2 Å². The molecule has 0 fully saturated rings. The summed E-state index contributed by atoms with van der Waals surface area (Å²) in [6.07, 6.45) is 0. The quantitative estimate of drug-likeness (QED) is 0.855. The van der Waals surface area contributed by atoms with Gasteiger partial charge in [-0.3, -0.25) is 0 Å². The van der Waals surface area contributed by atoms with Crippen molar-refractivity contribution in [1.29, 1.82) is 0 Å². The van der Waals surface area contributed by atoms with E-state index in [1.165, 1.54) is 0 Å². The van der Waals surface area contributed by atoms with E-state index in [0.717, 1.165) is 17.1 Å². The van der Waals surface area contributed by atoms with Crippen LogP contribution < -0.4 is 10.1 Å². The Labute approximate surface area is 94.3 Å². The Hall–Kier alpha value is -2.10. The van der Waals surface area contributed by atoms with E-state index in [-0.39, 0.29) is 0 Å². The second kappa shape index (κ2) is 4.61. The van der Waals surface area contributed by atoms with Gasteiger partial charge in [-0.25, -0.2) is 0 Å². The van der Waals surface area contributed by atoms with Crippen LogP contribution in [0.5, 0.6) is 11.6 Å². The third kappa shape index (κ3) is 2.28. The van der Waals surface area contributed by atoms with Crippen molar-refractivity contribution in [3.05, 3.63) is 42.0 Å². The molecule has 0 atom stereocenters. The first-order valence-electron chi connectivity index (χ1n) is 5.04. The van der Waals surface area contributed by atoms with E-state index in [0.29, 0.717) is 5.88 Å². The zero-order chi connectivity index (χ0) is 11.4. The predicted octanol–water partition coefficient (Wildman–Crippen LogP) is 2.62. The number of para-hydroxylation sites is 1. The number of hydrogen-bond donors (Lipinski definition) is 1. The Bertz CT molecular complexity index is 468. The van der Waals surface area contributed by atoms with Crippen LogP contribution in [-0.2, 0) is 0 Å². The van der Waals surface area contributed by atoms with Crippen LogP contribution in [0, 0.1) is 6.92 Å². The van der Waals surface area contributed by atoms with Crippen LogP contribution in [0.25, 0.3) is 0 Å². The van der Waals surface area contributed by atoms with Gasteiger partial charge in [0.1, 0.15) is 11.6 Å². The van der Waals surface area contributed by atoms with E-state index in [4.69, 9.17) is 4.74 Å². The molecule has 0 aliphatic rings. The highest BCUT2D eigenvalue weighted by molar-refractivity contribution is 5.37. The van der Waals surface area contributed by atoms with E-state index >= 15 is 0 Å². The van der Waals surface area contributed by atoms with Crippen molar-refractivity contribution in [1.82, 2.24) is 10.2 Å². The Morgan fingerprint density at radius 1 is 1.06 bits per heavy atom. The topological polar surface area (TPSA) is 47.0 Å². The molecule has 82 valence electrons. The smallest absolute Gasteiger partial charge is 0.239 e. The Balaban J connectivity index is 2.18. The molecule has 0 saturated heterocycles. The minimum absolute atomic E-state index is 0.494. The molecule has 16 heavy (non-hydrogen) atoms. The fourth-order valence-electron chi connectivity index (χ4n) is 1.29. The van der Waals surface area contributed by atoms with E-state index in [1.807, 2.05) is 37.3 Å². The van der Waals surface area contributed by atoms with Crippen molar-refractivity contribution >= 4 is 5.82 Å². The fourth-order valence-corrected chi connectivity index (χ4v) is 1.29. The maximum absolute atomic E-state index is 5.61. The lowest BCUT2D eigenvalue weighted by Crippen LogP contribution is -1.96. The summed E-state index contributed by atoms with van der Waals surface area (Å²) in [5.41, 5.74) is 1.07. The van der Waals surface area contributed by atoms with Gasteiger partial charge < -0.3 is 10.1 Å². The van der Waals surface area contributed by atoms with Crippen molar-refractivity contribution in [3.63, 3.8) is 0 Å². The molecule has 0 aliphatic carbocycles. The number of nitrogens with zero attached hydrogens (tertiary/aromatic N) is 2. The van der Waals surface area contributed by atoms with Gasteiger partial charge in [0.2, 0.25) is 5.88 Å². The predicted molar refractivity (Wildman–Crippen MR) is 62.8 cm³/mol. The molecule has 0 unspecified atom stereocenters. The molecule has 0 aliphatic heterocycles. The van der Waals surface area contributed by atoms with Gasteiger partial charge in [-0.05, 0) is 24.6 Å². The molecule has 4 nitrogen and oxygen atoms in total. The lowest BCUT2D eigenvalue weighted by molar-refractivity contribution is 0.452. The second-order valence-electron chi connectivity index (χ2n) is 3.37. The molecule has 0 amide bonds. The molecule has 0 bridgehead atoms. The molecular weight excluding hydrogens is 202 g/mol. The fraction of sp³-hybridized carbons (Fsp3) is 0.167. The lowest BCUT2D eigenvalue weighted by atomic mass is 10.2.